The number of hydrogen-bond donors (Lipinski definition) is 1. The Morgan fingerprint density at radius 3 is 2.00 bits per heavy atom. The summed E-state index contributed by atoms with van der Waals surface area (Å²) in [6.45, 7) is 5.29. The van der Waals surface area contributed by atoms with Crippen LogP contribution < -0.4 is 5.32 Å². The molecule has 0 aromatic carbocycles. The Morgan fingerprint density at radius 2 is 1.39 bits per heavy atom. The Labute approximate surface area is 114 Å². The van der Waals surface area contributed by atoms with Gasteiger partial charge in [0.1, 0.15) is 0 Å². The molecule has 0 bridgehead atoms. The molecule has 1 aliphatic heterocycles. The van der Waals surface area contributed by atoms with Crippen molar-refractivity contribution in [2.45, 2.75) is 64.2 Å². The zero-order valence-corrected chi connectivity index (χ0v) is 12.3. The topological polar surface area (TPSA) is 15.3 Å². The van der Waals surface area contributed by atoms with Crippen LogP contribution in [0.15, 0.2) is 0 Å². The lowest BCUT2D eigenvalue weighted by Crippen LogP contribution is -2.45. The number of nitrogens with zero attached hydrogens (tertiary/aromatic N) is 1. The number of likely N-dealkylation sites (tertiary alicyclic amines) is 1. The van der Waals surface area contributed by atoms with Gasteiger partial charge in [-0.3, -0.25) is 0 Å². The molecule has 1 heterocycles. The molecule has 1 aliphatic carbocycles. The minimum Gasteiger partial charge on any atom is -0.319 e. The molecule has 1 N–H and O–H groups in total. The van der Waals surface area contributed by atoms with E-state index in [2.05, 4.69) is 17.3 Å². The Morgan fingerprint density at radius 1 is 0.833 bits per heavy atom. The van der Waals surface area contributed by atoms with Crippen LogP contribution in [0.2, 0.25) is 0 Å². The van der Waals surface area contributed by atoms with Gasteiger partial charge in [0.15, 0.2) is 0 Å². The van der Waals surface area contributed by atoms with Gasteiger partial charge in [0.2, 0.25) is 0 Å². The summed E-state index contributed by atoms with van der Waals surface area (Å²) >= 11 is 0. The van der Waals surface area contributed by atoms with Crippen molar-refractivity contribution < 1.29 is 0 Å². The summed E-state index contributed by atoms with van der Waals surface area (Å²) in [6.07, 6.45) is 14.5. The smallest absolute Gasteiger partial charge is 0.00501 e. The van der Waals surface area contributed by atoms with E-state index in [0.717, 1.165) is 0 Å². The van der Waals surface area contributed by atoms with Crippen LogP contribution in [0.25, 0.3) is 0 Å². The molecule has 1 saturated heterocycles. The second kappa shape index (κ2) is 7.49. The maximum absolute atomic E-state index is 3.47. The van der Waals surface area contributed by atoms with Gasteiger partial charge in [0.25, 0.3) is 0 Å². The minimum atomic E-state index is 0.589. The van der Waals surface area contributed by atoms with Crippen LogP contribution in [0.3, 0.4) is 0 Å². The highest BCUT2D eigenvalue weighted by atomic mass is 15.1. The molecular formula is C16H32N2. The van der Waals surface area contributed by atoms with Crippen LogP contribution >= 0.6 is 0 Å². The van der Waals surface area contributed by atoms with Gasteiger partial charge in [0.05, 0.1) is 0 Å². The van der Waals surface area contributed by atoms with Crippen LogP contribution in [0.4, 0.5) is 0 Å². The first-order valence-electron chi connectivity index (χ1n) is 8.22. The van der Waals surface area contributed by atoms with E-state index in [4.69, 9.17) is 0 Å². The predicted molar refractivity (Wildman–Crippen MR) is 79.0 cm³/mol. The van der Waals surface area contributed by atoms with E-state index < -0.39 is 0 Å². The first-order valence-corrected chi connectivity index (χ1v) is 8.22. The minimum absolute atomic E-state index is 0.589. The van der Waals surface area contributed by atoms with E-state index >= 15 is 0 Å². The Bertz CT molecular complexity index is 208. The van der Waals surface area contributed by atoms with E-state index in [1.54, 1.807) is 0 Å². The third-order valence-electron chi connectivity index (χ3n) is 4.97. The number of hydrogen-bond acceptors (Lipinski definition) is 2. The molecule has 2 rings (SSSR count). The SMILES string of the molecule is CNCC1(CN2CCCCCCC2)CCCCC1. The highest BCUT2D eigenvalue weighted by molar-refractivity contribution is 4.87. The summed E-state index contributed by atoms with van der Waals surface area (Å²) < 4.78 is 0. The average molecular weight is 252 g/mol. The fourth-order valence-corrected chi connectivity index (χ4v) is 4.01. The van der Waals surface area contributed by atoms with Crippen LogP contribution in [0.1, 0.15) is 64.2 Å². The molecule has 0 unspecified atom stereocenters. The first-order chi connectivity index (χ1) is 8.85. The van der Waals surface area contributed by atoms with E-state index in [-0.39, 0.29) is 0 Å². The predicted octanol–water partition coefficient (Wildman–Crippen LogP) is 3.42. The zero-order chi connectivity index (χ0) is 12.7. The zero-order valence-electron chi connectivity index (χ0n) is 12.3. The van der Waals surface area contributed by atoms with Gasteiger partial charge in [-0.25, -0.2) is 0 Å². The molecule has 106 valence electrons. The van der Waals surface area contributed by atoms with Gasteiger partial charge in [-0.2, -0.15) is 0 Å². The van der Waals surface area contributed by atoms with E-state index in [9.17, 15) is 0 Å². The summed E-state index contributed by atoms with van der Waals surface area (Å²) in [5.41, 5.74) is 0.589. The van der Waals surface area contributed by atoms with Gasteiger partial charge >= 0.3 is 0 Å². The standard InChI is InChI=1S/C16H32N2/c1-17-14-16(10-6-5-7-11-16)15-18-12-8-3-2-4-9-13-18/h17H,2-15H2,1H3. The molecule has 0 atom stereocenters. The number of rotatable bonds is 4. The van der Waals surface area contributed by atoms with Gasteiger partial charge in [0, 0.05) is 13.1 Å². The molecule has 0 aromatic heterocycles. The summed E-state index contributed by atoms with van der Waals surface area (Å²) in [6, 6.07) is 0. The third-order valence-corrected chi connectivity index (χ3v) is 4.97. The molecule has 0 aromatic rings. The molecule has 2 nitrogen and oxygen atoms in total. The number of nitrogens with one attached hydrogen (secondary N) is 1. The van der Waals surface area contributed by atoms with Crippen LogP contribution in [0, 0.1) is 5.41 Å². The Balaban J connectivity index is 1.89. The molecule has 0 amide bonds. The van der Waals surface area contributed by atoms with E-state index in [0.29, 0.717) is 5.41 Å². The average Bonchev–Trinajstić information content (AvgIpc) is 2.34. The molecule has 0 spiro atoms. The van der Waals surface area contributed by atoms with Gasteiger partial charge < -0.3 is 10.2 Å². The highest BCUT2D eigenvalue weighted by Crippen LogP contribution is 2.36. The largest absolute Gasteiger partial charge is 0.319 e. The van der Waals surface area contributed by atoms with Crippen molar-refractivity contribution >= 4 is 0 Å². The Hall–Kier alpha value is -0.0800. The summed E-state index contributed by atoms with van der Waals surface area (Å²) in [5.74, 6) is 0. The second-order valence-corrected chi connectivity index (χ2v) is 6.63. The lowest BCUT2D eigenvalue weighted by Gasteiger charge is -2.41. The summed E-state index contributed by atoms with van der Waals surface area (Å²) in [7, 11) is 2.13. The lowest BCUT2D eigenvalue weighted by atomic mass is 9.73. The van der Waals surface area contributed by atoms with E-state index in [1.165, 1.54) is 90.4 Å². The van der Waals surface area contributed by atoms with Crippen molar-refractivity contribution in [1.29, 1.82) is 0 Å². The second-order valence-electron chi connectivity index (χ2n) is 6.63. The molecule has 1 saturated carbocycles. The van der Waals surface area contributed by atoms with Crippen molar-refractivity contribution in [2.24, 2.45) is 5.41 Å². The lowest BCUT2D eigenvalue weighted by molar-refractivity contribution is 0.0984. The van der Waals surface area contributed by atoms with Crippen LogP contribution in [-0.2, 0) is 0 Å². The van der Waals surface area contributed by atoms with Crippen molar-refractivity contribution in [3.63, 3.8) is 0 Å². The van der Waals surface area contributed by atoms with Crippen molar-refractivity contribution in [1.82, 2.24) is 10.2 Å². The molecule has 2 aliphatic rings. The highest BCUT2D eigenvalue weighted by Gasteiger charge is 2.33. The summed E-state index contributed by atoms with van der Waals surface area (Å²) in [5, 5.41) is 3.47. The van der Waals surface area contributed by atoms with Crippen molar-refractivity contribution in [2.75, 3.05) is 33.2 Å². The third kappa shape index (κ3) is 4.24. The van der Waals surface area contributed by atoms with E-state index in [1.807, 2.05) is 0 Å². The molecule has 18 heavy (non-hydrogen) atoms. The molecular weight excluding hydrogens is 220 g/mol. The molecule has 2 fully saturated rings. The molecule has 2 heteroatoms. The normalized spacial score (nSPS) is 26.5. The quantitative estimate of drug-likeness (QED) is 0.825. The maximum atomic E-state index is 3.47. The Kier molecular flexibility index (Phi) is 5.97. The van der Waals surface area contributed by atoms with Crippen molar-refractivity contribution in [3.8, 4) is 0 Å². The van der Waals surface area contributed by atoms with Gasteiger partial charge in [-0.1, -0.05) is 38.5 Å². The molecule has 0 radical (unpaired) electrons. The van der Waals surface area contributed by atoms with Crippen LogP contribution in [-0.4, -0.2) is 38.1 Å². The summed E-state index contributed by atoms with van der Waals surface area (Å²) in [4.78, 5) is 2.78. The first kappa shape index (κ1) is 14.3. The van der Waals surface area contributed by atoms with Crippen molar-refractivity contribution in [3.05, 3.63) is 0 Å². The fourth-order valence-electron chi connectivity index (χ4n) is 4.01. The maximum Gasteiger partial charge on any atom is 0.00501 e. The fraction of sp³-hybridized carbons (Fsp3) is 1.00. The monoisotopic (exact) mass is 252 g/mol. The van der Waals surface area contributed by atoms with Gasteiger partial charge in [-0.05, 0) is 51.2 Å². The van der Waals surface area contributed by atoms with Gasteiger partial charge in [-0.15, -0.1) is 0 Å². The van der Waals surface area contributed by atoms with Crippen LogP contribution in [0.5, 0.6) is 0 Å².